The molecule has 3 heteroatoms. The molecule has 0 heterocycles. The Balaban J connectivity index is 2.24. The summed E-state index contributed by atoms with van der Waals surface area (Å²) in [5, 5.41) is 2.04. The summed E-state index contributed by atoms with van der Waals surface area (Å²) in [7, 11) is 0. The number of fused-ring (bicyclic) bond motifs is 1. The van der Waals surface area contributed by atoms with Gasteiger partial charge >= 0.3 is 0 Å². The van der Waals surface area contributed by atoms with Crippen LogP contribution in [0.4, 0.5) is 4.39 Å². The first-order valence-electron chi connectivity index (χ1n) is 6.65. The minimum atomic E-state index is -0.574. The van der Waals surface area contributed by atoms with E-state index in [0.717, 1.165) is 21.9 Å². The molecule has 0 N–H and O–H groups in total. The average Bonchev–Trinajstić information content (AvgIpc) is 2.49. The zero-order valence-electron chi connectivity index (χ0n) is 11.4. The minimum absolute atomic E-state index is 0.341. The van der Waals surface area contributed by atoms with Gasteiger partial charge in [-0.2, -0.15) is 0 Å². The molecule has 21 heavy (non-hydrogen) atoms. The third-order valence-electron chi connectivity index (χ3n) is 3.67. The molecule has 0 amide bonds. The molecule has 0 nitrogen and oxygen atoms in total. The van der Waals surface area contributed by atoms with Crippen molar-refractivity contribution in [3.05, 3.63) is 82.1 Å². The fourth-order valence-electron chi connectivity index (χ4n) is 2.61. The summed E-state index contributed by atoms with van der Waals surface area (Å²) in [4.78, 5) is 0. The summed E-state index contributed by atoms with van der Waals surface area (Å²) in [5.74, 6) is -0.341. The highest BCUT2D eigenvalue weighted by atomic mass is 35.5. The fourth-order valence-corrected chi connectivity index (χ4v) is 3.24. The first-order chi connectivity index (χ1) is 10.1. The highest BCUT2D eigenvalue weighted by Gasteiger charge is 2.19. The van der Waals surface area contributed by atoms with E-state index in [1.54, 1.807) is 6.07 Å². The maximum absolute atomic E-state index is 14.1. The predicted molar refractivity (Wildman–Crippen MR) is 87.8 cm³/mol. The van der Waals surface area contributed by atoms with Gasteiger partial charge in [0, 0.05) is 10.6 Å². The van der Waals surface area contributed by atoms with E-state index in [0.29, 0.717) is 10.6 Å². The number of aryl methyl sites for hydroxylation is 1. The molecule has 0 saturated heterocycles. The number of alkyl halides is 1. The van der Waals surface area contributed by atoms with Gasteiger partial charge in [0.2, 0.25) is 0 Å². The van der Waals surface area contributed by atoms with E-state index < -0.39 is 5.38 Å². The zero-order chi connectivity index (χ0) is 15.0. The van der Waals surface area contributed by atoms with Gasteiger partial charge in [0.1, 0.15) is 5.82 Å². The molecule has 0 aromatic heterocycles. The molecule has 0 aliphatic rings. The Kier molecular flexibility index (Phi) is 3.88. The van der Waals surface area contributed by atoms with E-state index in [2.05, 4.69) is 0 Å². The van der Waals surface area contributed by atoms with Crippen molar-refractivity contribution >= 4 is 34.0 Å². The van der Waals surface area contributed by atoms with Crippen molar-refractivity contribution in [1.29, 1.82) is 0 Å². The van der Waals surface area contributed by atoms with Crippen LogP contribution in [0.25, 0.3) is 10.8 Å². The fraction of sp³-hybridized carbons (Fsp3) is 0.111. The summed E-state index contributed by atoms with van der Waals surface area (Å²) >= 11 is 12.6. The minimum Gasteiger partial charge on any atom is -0.207 e. The maximum Gasteiger partial charge on any atom is 0.128 e. The monoisotopic (exact) mass is 318 g/mol. The van der Waals surface area contributed by atoms with E-state index >= 15 is 0 Å². The van der Waals surface area contributed by atoms with Crippen molar-refractivity contribution in [2.24, 2.45) is 0 Å². The van der Waals surface area contributed by atoms with Crippen LogP contribution in [0.1, 0.15) is 22.1 Å². The lowest BCUT2D eigenvalue weighted by Crippen LogP contribution is -2.00. The van der Waals surface area contributed by atoms with Crippen LogP contribution in [-0.4, -0.2) is 0 Å². The number of hydrogen-bond acceptors (Lipinski definition) is 0. The molecule has 3 aromatic carbocycles. The largest absolute Gasteiger partial charge is 0.207 e. The standard InChI is InChI=1S/C18H13Cl2F/c1-11-6-7-12-4-2-3-5-14(12)17(11)18(20)15-10-13(19)8-9-16(15)21/h2-10,18H,1H3. The number of halogens is 3. The van der Waals surface area contributed by atoms with Crippen LogP contribution in [0.5, 0.6) is 0 Å². The van der Waals surface area contributed by atoms with Crippen LogP contribution in [0.15, 0.2) is 54.6 Å². The van der Waals surface area contributed by atoms with E-state index in [4.69, 9.17) is 23.2 Å². The molecular weight excluding hydrogens is 306 g/mol. The van der Waals surface area contributed by atoms with Crippen molar-refractivity contribution in [3.8, 4) is 0 Å². The van der Waals surface area contributed by atoms with Gasteiger partial charge in [-0.1, -0.05) is 48.0 Å². The molecule has 0 aliphatic heterocycles. The molecule has 106 valence electrons. The summed E-state index contributed by atoms with van der Waals surface area (Å²) in [6, 6.07) is 16.5. The molecular formula is C18H13Cl2F. The molecule has 1 unspecified atom stereocenters. The van der Waals surface area contributed by atoms with Gasteiger partial charge < -0.3 is 0 Å². The molecule has 0 radical (unpaired) electrons. The van der Waals surface area contributed by atoms with Crippen LogP contribution in [-0.2, 0) is 0 Å². The second-order valence-corrected chi connectivity index (χ2v) is 5.92. The van der Waals surface area contributed by atoms with Crippen LogP contribution in [0.2, 0.25) is 5.02 Å². The smallest absolute Gasteiger partial charge is 0.128 e. The van der Waals surface area contributed by atoms with Crippen molar-refractivity contribution in [3.63, 3.8) is 0 Å². The highest BCUT2D eigenvalue weighted by Crippen LogP contribution is 2.38. The van der Waals surface area contributed by atoms with Crippen LogP contribution in [0, 0.1) is 12.7 Å². The van der Waals surface area contributed by atoms with Crippen LogP contribution in [0.3, 0.4) is 0 Å². The Morgan fingerprint density at radius 1 is 1.00 bits per heavy atom. The lowest BCUT2D eigenvalue weighted by molar-refractivity contribution is 0.612. The van der Waals surface area contributed by atoms with Crippen LogP contribution < -0.4 is 0 Å². The Bertz CT molecular complexity index is 811. The van der Waals surface area contributed by atoms with Crippen molar-refractivity contribution in [2.75, 3.05) is 0 Å². The Morgan fingerprint density at radius 2 is 1.76 bits per heavy atom. The summed E-state index contributed by atoms with van der Waals surface area (Å²) < 4.78 is 14.1. The maximum atomic E-state index is 14.1. The third kappa shape index (κ3) is 2.64. The van der Waals surface area contributed by atoms with Crippen molar-refractivity contribution in [2.45, 2.75) is 12.3 Å². The number of benzene rings is 3. The van der Waals surface area contributed by atoms with E-state index in [-0.39, 0.29) is 5.82 Å². The normalized spacial score (nSPS) is 12.6. The second kappa shape index (κ2) is 5.67. The molecule has 3 rings (SSSR count). The summed E-state index contributed by atoms with van der Waals surface area (Å²) in [5.41, 5.74) is 2.37. The van der Waals surface area contributed by atoms with Gasteiger partial charge in [-0.15, -0.1) is 11.6 Å². The molecule has 0 bridgehead atoms. The number of rotatable bonds is 2. The lowest BCUT2D eigenvalue weighted by atomic mass is 9.94. The molecule has 1 atom stereocenters. The van der Waals surface area contributed by atoms with E-state index in [1.165, 1.54) is 12.1 Å². The van der Waals surface area contributed by atoms with Gasteiger partial charge in [-0.25, -0.2) is 4.39 Å². The molecule has 0 aliphatic carbocycles. The average molecular weight is 319 g/mol. The Morgan fingerprint density at radius 3 is 2.57 bits per heavy atom. The highest BCUT2D eigenvalue weighted by molar-refractivity contribution is 6.31. The van der Waals surface area contributed by atoms with Crippen LogP contribution >= 0.6 is 23.2 Å². The first kappa shape index (κ1) is 14.4. The molecule has 0 fully saturated rings. The van der Waals surface area contributed by atoms with Gasteiger partial charge in [0.05, 0.1) is 5.38 Å². The van der Waals surface area contributed by atoms with Crippen molar-refractivity contribution < 1.29 is 4.39 Å². The van der Waals surface area contributed by atoms with Gasteiger partial charge in [0.25, 0.3) is 0 Å². The molecule has 0 spiro atoms. The van der Waals surface area contributed by atoms with Gasteiger partial charge in [0.15, 0.2) is 0 Å². The molecule has 3 aromatic rings. The molecule has 0 saturated carbocycles. The Labute approximate surface area is 133 Å². The zero-order valence-corrected chi connectivity index (χ0v) is 12.9. The Hall–Kier alpha value is -1.57. The first-order valence-corrected chi connectivity index (χ1v) is 7.46. The van der Waals surface area contributed by atoms with Gasteiger partial charge in [-0.05, 0) is 47.0 Å². The summed E-state index contributed by atoms with van der Waals surface area (Å²) in [6.45, 7) is 1.99. The quantitative estimate of drug-likeness (QED) is 0.488. The number of hydrogen-bond donors (Lipinski definition) is 0. The third-order valence-corrected chi connectivity index (χ3v) is 4.36. The van der Waals surface area contributed by atoms with E-state index in [9.17, 15) is 4.39 Å². The van der Waals surface area contributed by atoms with Crippen molar-refractivity contribution in [1.82, 2.24) is 0 Å². The topological polar surface area (TPSA) is 0 Å². The second-order valence-electron chi connectivity index (χ2n) is 5.05. The van der Waals surface area contributed by atoms with E-state index in [1.807, 2.05) is 43.3 Å². The summed E-state index contributed by atoms with van der Waals surface area (Å²) in [6.07, 6.45) is 0. The predicted octanol–water partition coefficient (Wildman–Crippen LogP) is 6.27. The van der Waals surface area contributed by atoms with Gasteiger partial charge in [-0.3, -0.25) is 0 Å². The lowest BCUT2D eigenvalue weighted by Gasteiger charge is -2.17. The SMILES string of the molecule is Cc1ccc2ccccc2c1C(Cl)c1cc(Cl)ccc1F.